The number of ether oxygens (including phenoxy) is 2. The standard InChI is InChI=1S/C23H32N4O8S2/c1-24-36(30,31)20-4-2-3-19(11-20)34-16-18(28)13-25-17-12-23(35-15-17)7-9-27(10-8-23)37(32,33)21-5-6-22(29)26-14-21/h2-6,11,14,17-18,24-25,28H,7-10,12-13,15-16H2,1H3,(H,26,29)/t17?,18-/m0/s1. The molecule has 3 heterocycles. The van der Waals surface area contributed by atoms with Crippen molar-refractivity contribution in [3.05, 3.63) is 52.9 Å². The number of rotatable bonds is 10. The molecule has 1 spiro atoms. The van der Waals surface area contributed by atoms with Crippen molar-refractivity contribution >= 4 is 20.0 Å². The van der Waals surface area contributed by atoms with Crippen molar-refractivity contribution in [1.29, 1.82) is 0 Å². The summed E-state index contributed by atoms with van der Waals surface area (Å²) in [7, 11) is -5.95. The number of aliphatic hydroxyl groups is 1. The molecule has 0 saturated carbocycles. The van der Waals surface area contributed by atoms with Gasteiger partial charge in [0.05, 0.1) is 22.0 Å². The van der Waals surface area contributed by atoms with Crippen LogP contribution in [0.5, 0.6) is 5.75 Å². The van der Waals surface area contributed by atoms with Gasteiger partial charge >= 0.3 is 0 Å². The van der Waals surface area contributed by atoms with Gasteiger partial charge in [-0.25, -0.2) is 21.6 Å². The van der Waals surface area contributed by atoms with Crippen LogP contribution in [-0.2, 0) is 24.8 Å². The van der Waals surface area contributed by atoms with E-state index in [2.05, 4.69) is 15.0 Å². The van der Waals surface area contributed by atoms with Crippen LogP contribution in [0.25, 0.3) is 0 Å². The second-order valence-corrected chi connectivity index (χ2v) is 13.1. The molecule has 2 saturated heterocycles. The molecule has 0 aliphatic carbocycles. The predicted octanol–water partition coefficient (Wildman–Crippen LogP) is -0.375. The number of nitrogens with zero attached hydrogens (tertiary/aromatic N) is 1. The molecule has 204 valence electrons. The summed E-state index contributed by atoms with van der Waals surface area (Å²) in [5.74, 6) is 0.335. The Bertz CT molecular complexity index is 1330. The molecular formula is C23H32N4O8S2. The SMILES string of the molecule is CNS(=O)(=O)c1cccc(OC[C@@H](O)CNC2COC3(CCN(S(=O)(=O)c4ccc(=O)[nH]c4)CC3)C2)c1. The maximum atomic E-state index is 12.9. The zero-order valence-corrected chi connectivity index (χ0v) is 22.1. The fraction of sp³-hybridized carbons (Fsp3) is 0.522. The van der Waals surface area contributed by atoms with Crippen LogP contribution in [-0.4, -0.2) is 88.9 Å². The summed E-state index contributed by atoms with van der Waals surface area (Å²) >= 11 is 0. The van der Waals surface area contributed by atoms with Crippen LogP contribution in [0.2, 0.25) is 0 Å². The average Bonchev–Trinajstić information content (AvgIpc) is 3.29. The summed E-state index contributed by atoms with van der Waals surface area (Å²) in [6.07, 6.45) is 2.17. The van der Waals surface area contributed by atoms with Gasteiger partial charge in [0, 0.05) is 44.0 Å². The second-order valence-electron chi connectivity index (χ2n) is 9.24. The first kappa shape index (κ1) is 27.7. The first-order valence-electron chi connectivity index (χ1n) is 11.9. The van der Waals surface area contributed by atoms with Gasteiger partial charge in [-0.3, -0.25) is 4.79 Å². The molecule has 1 unspecified atom stereocenters. The summed E-state index contributed by atoms with van der Waals surface area (Å²) in [5.41, 5.74) is -0.782. The number of pyridine rings is 1. The minimum absolute atomic E-state index is 0.00102. The van der Waals surface area contributed by atoms with Crippen molar-refractivity contribution in [3.63, 3.8) is 0 Å². The van der Waals surface area contributed by atoms with Crippen LogP contribution in [0.3, 0.4) is 0 Å². The summed E-state index contributed by atoms with van der Waals surface area (Å²) in [5, 5.41) is 13.6. The van der Waals surface area contributed by atoms with E-state index in [-0.39, 0.29) is 34.5 Å². The topological polar surface area (TPSA) is 167 Å². The van der Waals surface area contributed by atoms with Gasteiger partial charge in [0.2, 0.25) is 25.6 Å². The molecule has 0 radical (unpaired) electrons. The van der Waals surface area contributed by atoms with Crippen LogP contribution in [0.15, 0.2) is 57.2 Å². The van der Waals surface area contributed by atoms with Gasteiger partial charge in [0.25, 0.3) is 0 Å². The van der Waals surface area contributed by atoms with Crippen molar-refractivity contribution < 1.29 is 31.4 Å². The highest BCUT2D eigenvalue weighted by Gasteiger charge is 2.44. The highest BCUT2D eigenvalue weighted by atomic mass is 32.2. The lowest BCUT2D eigenvalue weighted by molar-refractivity contribution is -0.0312. The summed E-state index contributed by atoms with van der Waals surface area (Å²) in [4.78, 5) is 13.8. The lowest BCUT2D eigenvalue weighted by Crippen LogP contribution is -2.47. The number of aromatic amines is 1. The summed E-state index contributed by atoms with van der Waals surface area (Å²) in [6.45, 7) is 1.31. The summed E-state index contributed by atoms with van der Waals surface area (Å²) in [6, 6.07) is 8.53. The Kier molecular flexibility index (Phi) is 8.38. The largest absolute Gasteiger partial charge is 0.491 e. The zero-order valence-electron chi connectivity index (χ0n) is 20.4. The van der Waals surface area contributed by atoms with Crippen LogP contribution < -0.4 is 20.3 Å². The van der Waals surface area contributed by atoms with Crippen LogP contribution in [0.1, 0.15) is 19.3 Å². The van der Waals surface area contributed by atoms with Crippen molar-refractivity contribution in [2.24, 2.45) is 0 Å². The molecule has 37 heavy (non-hydrogen) atoms. The molecule has 1 aromatic heterocycles. The predicted molar refractivity (Wildman–Crippen MR) is 134 cm³/mol. The number of aliphatic hydroxyl groups excluding tert-OH is 1. The minimum Gasteiger partial charge on any atom is -0.491 e. The Balaban J connectivity index is 1.23. The maximum absolute atomic E-state index is 12.9. The van der Waals surface area contributed by atoms with Crippen molar-refractivity contribution in [1.82, 2.24) is 19.3 Å². The van der Waals surface area contributed by atoms with Crippen LogP contribution in [0, 0.1) is 0 Å². The van der Waals surface area contributed by atoms with Crippen LogP contribution >= 0.6 is 0 Å². The first-order chi connectivity index (χ1) is 17.5. The Morgan fingerprint density at radius 2 is 1.95 bits per heavy atom. The van der Waals surface area contributed by atoms with Gasteiger partial charge in [0.1, 0.15) is 18.5 Å². The highest BCUT2D eigenvalue weighted by molar-refractivity contribution is 7.89. The smallest absolute Gasteiger partial charge is 0.247 e. The molecule has 4 rings (SSSR count). The van der Waals surface area contributed by atoms with Gasteiger partial charge in [-0.1, -0.05) is 6.07 Å². The van der Waals surface area contributed by atoms with Gasteiger partial charge in [-0.15, -0.1) is 0 Å². The lowest BCUT2D eigenvalue weighted by Gasteiger charge is -2.38. The molecule has 12 nitrogen and oxygen atoms in total. The molecule has 1 aromatic carbocycles. The quantitative estimate of drug-likeness (QED) is 0.305. The van der Waals surface area contributed by atoms with E-state index in [1.54, 1.807) is 12.1 Å². The summed E-state index contributed by atoms with van der Waals surface area (Å²) < 4.78 is 64.9. The Labute approximate surface area is 216 Å². The third-order valence-corrected chi connectivity index (χ3v) is 10.0. The van der Waals surface area contributed by atoms with Gasteiger partial charge in [-0.05, 0) is 44.5 Å². The van der Waals surface area contributed by atoms with E-state index in [1.807, 2.05) is 0 Å². The van der Waals surface area contributed by atoms with Crippen LogP contribution in [0.4, 0.5) is 0 Å². The Morgan fingerprint density at radius 3 is 2.62 bits per heavy atom. The van der Waals surface area contributed by atoms with E-state index in [4.69, 9.17) is 9.47 Å². The third-order valence-electron chi connectivity index (χ3n) is 6.71. The molecule has 0 bridgehead atoms. The van der Waals surface area contributed by atoms with E-state index in [0.717, 1.165) is 0 Å². The van der Waals surface area contributed by atoms with E-state index >= 15 is 0 Å². The first-order valence-corrected chi connectivity index (χ1v) is 14.9. The van der Waals surface area contributed by atoms with Crippen molar-refractivity contribution in [3.8, 4) is 5.75 Å². The molecule has 2 fully saturated rings. The van der Waals surface area contributed by atoms with Gasteiger partial charge in [-0.2, -0.15) is 4.31 Å². The molecule has 2 aromatic rings. The second kappa shape index (κ2) is 11.2. The number of H-pyrrole nitrogens is 1. The number of piperidine rings is 1. The number of nitrogens with one attached hydrogen (secondary N) is 3. The molecule has 2 atom stereocenters. The van der Waals surface area contributed by atoms with E-state index in [1.165, 1.54) is 41.8 Å². The van der Waals surface area contributed by atoms with Gasteiger partial charge < -0.3 is 24.9 Å². The van der Waals surface area contributed by atoms with Crippen molar-refractivity contribution in [2.75, 3.05) is 39.9 Å². The van der Waals surface area contributed by atoms with Gasteiger partial charge in [0.15, 0.2) is 0 Å². The zero-order chi connectivity index (χ0) is 26.7. The molecule has 4 N–H and O–H groups in total. The maximum Gasteiger partial charge on any atom is 0.247 e. The number of aromatic nitrogens is 1. The van der Waals surface area contributed by atoms with Crippen molar-refractivity contribution in [2.45, 2.75) is 46.8 Å². The molecule has 2 aliphatic heterocycles. The normalized spacial score (nSPS) is 21.2. The monoisotopic (exact) mass is 556 g/mol. The fourth-order valence-corrected chi connectivity index (χ4v) is 6.74. The molecule has 0 amide bonds. The lowest BCUT2D eigenvalue weighted by atomic mass is 9.88. The third kappa shape index (κ3) is 6.57. The van der Waals surface area contributed by atoms with E-state index in [9.17, 15) is 26.7 Å². The molecule has 14 heteroatoms. The number of benzene rings is 1. The molecule has 2 aliphatic rings. The average molecular weight is 557 g/mol. The number of sulfonamides is 2. The molecular weight excluding hydrogens is 524 g/mol. The number of hydrogen-bond donors (Lipinski definition) is 4. The minimum atomic E-state index is -3.69. The number of hydrogen-bond acceptors (Lipinski definition) is 9. The highest BCUT2D eigenvalue weighted by Crippen LogP contribution is 2.37. The Hall–Kier alpha value is -2.33. The fourth-order valence-electron chi connectivity index (χ4n) is 4.57. The van der Waals surface area contributed by atoms with E-state index in [0.29, 0.717) is 44.7 Å². The Morgan fingerprint density at radius 1 is 1.19 bits per heavy atom. The van der Waals surface area contributed by atoms with E-state index < -0.39 is 31.8 Å².